The van der Waals surface area contributed by atoms with Gasteiger partial charge in [-0.05, 0) is 29.2 Å². The van der Waals surface area contributed by atoms with Gasteiger partial charge in [-0.1, -0.05) is 65.0 Å². The molecular formula is C26H26N8O4S. The number of carbonyl (C=O) groups is 1. The number of nitro groups is 1. The van der Waals surface area contributed by atoms with Gasteiger partial charge in [0.1, 0.15) is 5.82 Å². The highest BCUT2D eigenvalue weighted by molar-refractivity contribution is 7.17. The molecule has 5 aromatic rings. The summed E-state index contributed by atoms with van der Waals surface area (Å²) in [4.78, 5) is 32.9. The average molecular weight is 547 g/mol. The highest BCUT2D eigenvalue weighted by Gasteiger charge is 2.25. The van der Waals surface area contributed by atoms with Gasteiger partial charge in [-0.15, -0.1) is 10.2 Å². The van der Waals surface area contributed by atoms with Crippen LogP contribution in [-0.2, 0) is 10.8 Å². The molecule has 4 aromatic heterocycles. The summed E-state index contributed by atoms with van der Waals surface area (Å²) < 4.78 is 7.51. The zero-order valence-electron chi connectivity index (χ0n) is 22.2. The summed E-state index contributed by atoms with van der Waals surface area (Å²) in [6, 6.07) is 10.6. The van der Waals surface area contributed by atoms with Crippen LogP contribution in [0.4, 0.5) is 10.8 Å². The summed E-state index contributed by atoms with van der Waals surface area (Å²) >= 11 is 0.769. The van der Waals surface area contributed by atoms with Crippen LogP contribution >= 0.6 is 11.3 Å². The van der Waals surface area contributed by atoms with Crippen LogP contribution in [0.5, 0.6) is 0 Å². The number of anilines is 1. The van der Waals surface area contributed by atoms with Gasteiger partial charge in [-0.2, -0.15) is 5.10 Å². The van der Waals surface area contributed by atoms with Gasteiger partial charge < -0.3 is 9.73 Å². The Morgan fingerprint density at radius 1 is 1.00 bits per heavy atom. The van der Waals surface area contributed by atoms with Gasteiger partial charge >= 0.3 is 5.00 Å². The molecule has 1 amide bonds. The molecule has 1 N–H and O–H groups in total. The van der Waals surface area contributed by atoms with E-state index in [9.17, 15) is 14.9 Å². The number of nitrogens with zero attached hydrogens (tertiary/aromatic N) is 7. The van der Waals surface area contributed by atoms with Crippen LogP contribution < -0.4 is 5.32 Å². The maximum absolute atomic E-state index is 13.0. The van der Waals surface area contributed by atoms with Gasteiger partial charge in [0.25, 0.3) is 11.8 Å². The van der Waals surface area contributed by atoms with Crippen molar-refractivity contribution in [3.05, 3.63) is 69.0 Å². The predicted octanol–water partition coefficient (Wildman–Crippen LogP) is 5.68. The largest absolute Gasteiger partial charge is 0.418 e. The van der Waals surface area contributed by atoms with Gasteiger partial charge in [0, 0.05) is 11.5 Å². The molecule has 0 bridgehead atoms. The molecular weight excluding hydrogens is 520 g/mol. The van der Waals surface area contributed by atoms with Crippen molar-refractivity contribution in [2.24, 2.45) is 0 Å². The van der Waals surface area contributed by atoms with Crippen molar-refractivity contribution in [3.63, 3.8) is 0 Å². The molecule has 0 aliphatic rings. The molecule has 13 heteroatoms. The van der Waals surface area contributed by atoms with Crippen LogP contribution in [0.1, 0.15) is 62.7 Å². The standard InChI is InChI=1S/C26H26N8O4S/c1-25(2,3)14-7-9-15(10-8-14)33-21-16(13-27-33)19(30-22(35)17-11-12-18(39-17)34(36)37)28-20(29-21)23-31-32-24(38-23)26(4,5)6/h7-13H,1-6H3,(H,28,29,30,35). The van der Waals surface area contributed by atoms with Crippen molar-refractivity contribution in [1.82, 2.24) is 29.9 Å². The molecule has 0 aliphatic heterocycles. The molecule has 4 heterocycles. The molecule has 0 radical (unpaired) electrons. The molecule has 200 valence electrons. The maximum atomic E-state index is 13.0. The molecule has 12 nitrogen and oxygen atoms in total. The lowest BCUT2D eigenvalue weighted by molar-refractivity contribution is -0.380. The zero-order chi connectivity index (χ0) is 28.1. The molecule has 0 aliphatic carbocycles. The summed E-state index contributed by atoms with van der Waals surface area (Å²) in [6.07, 6.45) is 1.55. The topological polar surface area (TPSA) is 155 Å². The van der Waals surface area contributed by atoms with Crippen LogP contribution in [-0.4, -0.2) is 40.8 Å². The summed E-state index contributed by atoms with van der Waals surface area (Å²) in [5.41, 5.74) is 1.92. The van der Waals surface area contributed by atoms with E-state index < -0.39 is 16.2 Å². The van der Waals surface area contributed by atoms with E-state index in [1.807, 2.05) is 45.0 Å². The van der Waals surface area contributed by atoms with Crippen LogP contribution in [0.3, 0.4) is 0 Å². The van der Waals surface area contributed by atoms with E-state index in [4.69, 9.17) is 4.42 Å². The monoisotopic (exact) mass is 546 g/mol. The third kappa shape index (κ3) is 5.12. The molecule has 39 heavy (non-hydrogen) atoms. The number of hydrogen-bond acceptors (Lipinski definition) is 10. The molecule has 0 atom stereocenters. The van der Waals surface area contributed by atoms with E-state index in [1.165, 1.54) is 12.1 Å². The van der Waals surface area contributed by atoms with E-state index in [1.54, 1.807) is 10.9 Å². The van der Waals surface area contributed by atoms with E-state index >= 15 is 0 Å². The molecule has 0 fully saturated rings. The Labute approximate surface area is 227 Å². The minimum atomic E-state index is -0.553. The Kier molecular flexibility index (Phi) is 6.25. The van der Waals surface area contributed by atoms with Gasteiger partial charge in [-0.3, -0.25) is 14.9 Å². The first-order valence-electron chi connectivity index (χ1n) is 12.1. The SMILES string of the molecule is CC(C)(C)c1ccc(-n2ncc3c(NC(=O)c4ccc([N+](=O)[O-])s4)nc(-c4nnc(C(C)(C)C)o4)nc32)cc1. The van der Waals surface area contributed by atoms with E-state index in [0.29, 0.717) is 16.9 Å². The number of aromatic nitrogens is 6. The molecule has 0 saturated carbocycles. The molecule has 0 saturated heterocycles. The van der Waals surface area contributed by atoms with Gasteiger partial charge in [0.05, 0.1) is 27.1 Å². The van der Waals surface area contributed by atoms with Crippen molar-refractivity contribution in [3.8, 4) is 17.4 Å². The first-order valence-corrected chi connectivity index (χ1v) is 12.9. The fraction of sp³-hybridized carbons (Fsp3) is 0.308. The van der Waals surface area contributed by atoms with Crippen LogP contribution in [0.25, 0.3) is 28.4 Å². The summed E-state index contributed by atoms with van der Waals surface area (Å²) in [6.45, 7) is 12.2. The molecule has 5 rings (SSSR count). The summed E-state index contributed by atoms with van der Waals surface area (Å²) in [5.74, 6) is 0.196. The zero-order valence-corrected chi connectivity index (χ0v) is 23.0. The highest BCUT2D eigenvalue weighted by atomic mass is 32.1. The number of rotatable bonds is 5. The first kappa shape index (κ1) is 26.1. The van der Waals surface area contributed by atoms with Crippen molar-refractivity contribution in [2.45, 2.75) is 52.4 Å². The molecule has 0 spiro atoms. The maximum Gasteiger partial charge on any atom is 0.324 e. The smallest absolute Gasteiger partial charge is 0.324 e. The fourth-order valence-corrected chi connectivity index (χ4v) is 4.44. The second-order valence-corrected chi connectivity index (χ2v) is 12.1. The Bertz CT molecular complexity index is 1700. The third-order valence-electron chi connectivity index (χ3n) is 5.89. The lowest BCUT2D eigenvalue weighted by atomic mass is 9.87. The number of nitrogens with one attached hydrogen (secondary N) is 1. The average Bonchev–Trinajstić information content (AvgIpc) is 3.62. The van der Waals surface area contributed by atoms with Gasteiger partial charge in [0.2, 0.25) is 11.7 Å². The first-order chi connectivity index (χ1) is 18.3. The highest BCUT2D eigenvalue weighted by Crippen LogP contribution is 2.31. The quantitative estimate of drug-likeness (QED) is 0.216. The van der Waals surface area contributed by atoms with Gasteiger partial charge in [0.15, 0.2) is 5.65 Å². The second kappa shape index (κ2) is 9.34. The van der Waals surface area contributed by atoms with E-state index in [2.05, 4.69) is 51.4 Å². The van der Waals surface area contributed by atoms with Crippen molar-refractivity contribution >= 4 is 39.1 Å². The number of thiophene rings is 1. The van der Waals surface area contributed by atoms with Crippen molar-refractivity contribution in [1.29, 1.82) is 0 Å². The van der Waals surface area contributed by atoms with E-state index in [-0.39, 0.29) is 32.8 Å². The lowest BCUT2D eigenvalue weighted by Crippen LogP contribution is -2.13. The van der Waals surface area contributed by atoms with Crippen LogP contribution in [0.15, 0.2) is 47.0 Å². The van der Waals surface area contributed by atoms with Gasteiger partial charge in [-0.25, -0.2) is 14.6 Å². The lowest BCUT2D eigenvalue weighted by Gasteiger charge is -2.19. The predicted molar refractivity (Wildman–Crippen MR) is 146 cm³/mol. The number of carbonyl (C=O) groups excluding carboxylic acids is 1. The number of benzene rings is 1. The van der Waals surface area contributed by atoms with Crippen molar-refractivity contribution < 1.29 is 14.1 Å². The number of hydrogen-bond donors (Lipinski definition) is 1. The minimum absolute atomic E-state index is 0.0168. The third-order valence-corrected chi connectivity index (χ3v) is 6.93. The Balaban J connectivity index is 1.62. The fourth-order valence-electron chi connectivity index (χ4n) is 3.72. The van der Waals surface area contributed by atoms with E-state index in [0.717, 1.165) is 22.6 Å². The minimum Gasteiger partial charge on any atom is -0.418 e. The van der Waals surface area contributed by atoms with Crippen LogP contribution in [0.2, 0.25) is 0 Å². The molecule has 0 unspecified atom stereocenters. The Morgan fingerprint density at radius 3 is 2.31 bits per heavy atom. The normalized spacial score (nSPS) is 12.2. The Morgan fingerprint density at radius 2 is 1.72 bits per heavy atom. The van der Waals surface area contributed by atoms with Crippen molar-refractivity contribution in [2.75, 3.05) is 5.32 Å². The second-order valence-electron chi connectivity index (χ2n) is 11.0. The molecule has 1 aromatic carbocycles. The summed E-state index contributed by atoms with van der Waals surface area (Å²) in [5, 5.41) is 26.9. The number of fused-ring (bicyclic) bond motifs is 1. The number of amides is 1. The van der Waals surface area contributed by atoms with Crippen LogP contribution in [0, 0.1) is 10.1 Å². The summed E-state index contributed by atoms with van der Waals surface area (Å²) in [7, 11) is 0. The Hall–Kier alpha value is -4.52.